The molecule has 1 aromatic heterocycles. The minimum absolute atomic E-state index is 0.0581. The molecule has 2 unspecified atom stereocenters. The zero-order valence-electron chi connectivity index (χ0n) is 10.3. The highest BCUT2D eigenvalue weighted by molar-refractivity contribution is 5.21. The first-order valence-electron chi connectivity index (χ1n) is 6.01. The van der Waals surface area contributed by atoms with E-state index in [4.69, 9.17) is 15.2 Å². The number of nitrogens with zero attached hydrogens (tertiary/aromatic N) is 2. The zero-order valence-corrected chi connectivity index (χ0v) is 10.3. The fourth-order valence-corrected chi connectivity index (χ4v) is 2.11. The number of methoxy groups -OCH3 is 1. The van der Waals surface area contributed by atoms with Crippen molar-refractivity contribution in [3.8, 4) is 11.8 Å². The van der Waals surface area contributed by atoms with Crippen LogP contribution in [0.25, 0.3) is 0 Å². The summed E-state index contributed by atoms with van der Waals surface area (Å²) < 4.78 is 10.9. The Morgan fingerprint density at radius 3 is 2.65 bits per heavy atom. The molecular formula is C12H19N3O2. The second-order valence-corrected chi connectivity index (χ2v) is 4.40. The maximum Gasteiger partial charge on any atom is 0.220 e. The van der Waals surface area contributed by atoms with Gasteiger partial charge in [-0.1, -0.05) is 6.42 Å². The monoisotopic (exact) mass is 237 g/mol. The van der Waals surface area contributed by atoms with Gasteiger partial charge >= 0.3 is 0 Å². The summed E-state index contributed by atoms with van der Waals surface area (Å²) in [5.74, 6) is 1.72. The van der Waals surface area contributed by atoms with E-state index in [1.54, 1.807) is 13.2 Å². The molecule has 0 spiro atoms. The van der Waals surface area contributed by atoms with E-state index < -0.39 is 0 Å². The molecule has 1 fully saturated rings. The predicted octanol–water partition coefficient (Wildman–Crippen LogP) is 1.44. The van der Waals surface area contributed by atoms with Crippen LogP contribution in [0.5, 0.6) is 11.8 Å². The highest BCUT2D eigenvalue weighted by atomic mass is 16.5. The predicted molar refractivity (Wildman–Crippen MR) is 64.2 cm³/mol. The first-order chi connectivity index (χ1) is 8.19. The van der Waals surface area contributed by atoms with E-state index in [1.807, 2.05) is 6.92 Å². The molecular weight excluding hydrogens is 218 g/mol. The molecule has 1 saturated carbocycles. The molecule has 2 atom stereocenters. The Morgan fingerprint density at radius 2 is 1.94 bits per heavy atom. The summed E-state index contributed by atoms with van der Waals surface area (Å²) in [4.78, 5) is 8.36. The van der Waals surface area contributed by atoms with Crippen molar-refractivity contribution in [3.63, 3.8) is 0 Å². The van der Waals surface area contributed by atoms with Crippen molar-refractivity contribution in [2.75, 3.05) is 7.11 Å². The topological polar surface area (TPSA) is 70.3 Å². The van der Waals surface area contributed by atoms with Crippen molar-refractivity contribution in [3.05, 3.63) is 11.9 Å². The van der Waals surface area contributed by atoms with Gasteiger partial charge in [-0.05, 0) is 26.2 Å². The van der Waals surface area contributed by atoms with E-state index in [9.17, 15) is 0 Å². The van der Waals surface area contributed by atoms with Gasteiger partial charge in [0.1, 0.15) is 11.9 Å². The van der Waals surface area contributed by atoms with Gasteiger partial charge < -0.3 is 15.2 Å². The Labute approximate surface area is 101 Å². The minimum atomic E-state index is 0.0581. The molecule has 0 saturated heterocycles. The van der Waals surface area contributed by atoms with Gasteiger partial charge in [0.2, 0.25) is 11.8 Å². The van der Waals surface area contributed by atoms with Crippen molar-refractivity contribution < 1.29 is 9.47 Å². The lowest BCUT2D eigenvalue weighted by molar-refractivity contribution is 0.126. The summed E-state index contributed by atoms with van der Waals surface area (Å²) >= 11 is 0. The molecule has 94 valence electrons. The molecule has 1 aliphatic rings. The van der Waals surface area contributed by atoms with Crippen LogP contribution in [0.1, 0.15) is 31.5 Å². The molecule has 0 amide bonds. The SMILES string of the molecule is COc1cc(OC2CCCCC2N)nc(C)n1. The van der Waals surface area contributed by atoms with Crippen LogP contribution >= 0.6 is 0 Å². The fraction of sp³-hybridized carbons (Fsp3) is 0.667. The van der Waals surface area contributed by atoms with E-state index >= 15 is 0 Å². The third-order valence-corrected chi connectivity index (χ3v) is 3.03. The average molecular weight is 237 g/mol. The van der Waals surface area contributed by atoms with Crippen molar-refractivity contribution in [1.29, 1.82) is 0 Å². The summed E-state index contributed by atoms with van der Waals surface area (Å²) in [5.41, 5.74) is 6.04. The molecule has 2 rings (SSSR count). The lowest BCUT2D eigenvalue weighted by Gasteiger charge is -2.28. The van der Waals surface area contributed by atoms with E-state index in [1.165, 1.54) is 12.8 Å². The maximum absolute atomic E-state index is 6.04. The highest BCUT2D eigenvalue weighted by Crippen LogP contribution is 2.23. The molecule has 0 bridgehead atoms. The second-order valence-electron chi connectivity index (χ2n) is 4.40. The molecule has 0 aromatic carbocycles. The highest BCUT2D eigenvalue weighted by Gasteiger charge is 2.24. The Balaban J connectivity index is 2.09. The maximum atomic E-state index is 6.04. The van der Waals surface area contributed by atoms with Crippen LogP contribution < -0.4 is 15.2 Å². The van der Waals surface area contributed by atoms with Gasteiger partial charge in [-0.25, -0.2) is 0 Å². The van der Waals surface area contributed by atoms with Gasteiger partial charge in [-0.2, -0.15) is 9.97 Å². The van der Waals surface area contributed by atoms with Crippen LogP contribution in [0.4, 0.5) is 0 Å². The summed E-state index contributed by atoms with van der Waals surface area (Å²) in [5, 5.41) is 0. The molecule has 1 heterocycles. The number of aromatic nitrogens is 2. The number of aryl methyl sites for hydroxylation is 1. The molecule has 17 heavy (non-hydrogen) atoms. The molecule has 5 heteroatoms. The van der Waals surface area contributed by atoms with Crippen molar-refractivity contribution in [2.45, 2.75) is 44.8 Å². The molecule has 1 aliphatic carbocycles. The quantitative estimate of drug-likeness (QED) is 0.861. The van der Waals surface area contributed by atoms with Gasteiger partial charge in [-0.15, -0.1) is 0 Å². The zero-order chi connectivity index (χ0) is 12.3. The van der Waals surface area contributed by atoms with Crippen molar-refractivity contribution in [1.82, 2.24) is 9.97 Å². The first kappa shape index (κ1) is 12.1. The molecule has 2 N–H and O–H groups in total. The average Bonchev–Trinajstić information content (AvgIpc) is 2.31. The molecule has 1 aromatic rings. The van der Waals surface area contributed by atoms with Gasteiger partial charge in [0, 0.05) is 6.04 Å². The first-order valence-corrected chi connectivity index (χ1v) is 6.01. The third kappa shape index (κ3) is 3.06. The van der Waals surface area contributed by atoms with E-state index in [2.05, 4.69) is 9.97 Å². The normalized spacial score (nSPS) is 24.4. The van der Waals surface area contributed by atoms with Gasteiger partial charge in [-0.3, -0.25) is 0 Å². The van der Waals surface area contributed by atoms with Crippen LogP contribution in [0.3, 0.4) is 0 Å². The van der Waals surface area contributed by atoms with E-state index in [-0.39, 0.29) is 12.1 Å². The number of hydrogen-bond acceptors (Lipinski definition) is 5. The smallest absolute Gasteiger partial charge is 0.220 e. The summed E-state index contributed by atoms with van der Waals surface area (Å²) in [7, 11) is 1.58. The van der Waals surface area contributed by atoms with Crippen molar-refractivity contribution in [2.24, 2.45) is 5.73 Å². The number of nitrogens with two attached hydrogens (primary N) is 1. The van der Waals surface area contributed by atoms with Crippen LogP contribution in [-0.4, -0.2) is 29.2 Å². The fourth-order valence-electron chi connectivity index (χ4n) is 2.11. The van der Waals surface area contributed by atoms with Gasteiger partial charge in [0.05, 0.1) is 13.2 Å². The standard InChI is InChI=1S/C12H19N3O2/c1-8-14-11(16-2)7-12(15-8)17-10-6-4-3-5-9(10)13/h7,9-10H,3-6,13H2,1-2H3. The third-order valence-electron chi connectivity index (χ3n) is 3.03. The number of ether oxygens (including phenoxy) is 2. The van der Waals surface area contributed by atoms with Crippen LogP contribution in [0.15, 0.2) is 6.07 Å². The summed E-state index contributed by atoms with van der Waals surface area (Å²) in [6.07, 6.45) is 4.42. The lowest BCUT2D eigenvalue weighted by Crippen LogP contribution is -2.41. The Kier molecular flexibility index (Phi) is 3.78. The Morgan fingerprint density at radius 1 is 1.24 bits per heavy atom. The lowest BCUT2D eigenvalue weighted by atomic mass is 9.93. The Hall–Kier alpha value is -1.36. The van der Waals surface area contributed by atoms with E-state index in [0.717, 1.165) is 12.8 Å². The van der Waals surface area contributed by atoms with Crippen LogP contribution in [-0.2, 0) is 0 Å². The molecule has 5 nitrogen and oxygen atoms in total. The van der Waals surface area contributed by atoms with Gasteiger partial charge in [0.25, 0.3) is 0 Å². The summed E-state index contributed by atoms with van der Waals surface area (Å²) in [6, 6.07) is 1.80. The second kappa shape index (κ2) is 5.31. The summed E-state index contributed by atoms with van der Waals surface area (Å²) in [6.45, 7) is 1.82. The number of rotatable bonds is 3. The Bertz CT molecular complexity index is 384. The van der Waals surface area contributed by atoms with E-state index in [0.29, 0.717) is 17.6 Å². The molecule has 0 aliphatic heterocycles. The van der Waals surface area contributed by atoms with Crippen molar-refractivity contribution >= 4 is 0 Å². The number of hydrogen-bond donors (Lipinski definition) is 1. The van der Waals surface area contributed by atoms with Gasteiger partial charge in [0.15, 0.2) is 0 Å². The largest absolute Gasteiger partial charge is 0.481 e. The molecule has 0 radical (unpaired) electrons. The minimum Gasteiger partial charge on any atom is -0.481 e. The van der Waals surface area contributed by atoms with Crippen LogP contribution in [0.2, 0.25) is 0 Å². The van der Waals surface area contributed by atoms with Crippen LogP contribution in [0, 0.1) is 6.92 Å².